The minimum atomic E-state index is -0.869. The molecule has 1 aromatic carbocycles. The number of nitrogens with zero attached hydrogens (tertiary/aromatic N) is 4. The number of aliphatic carboxylic acids is 1. The van der Waals surface area contributed by atoms with Crippen molar-refractivity contribution in [2.45, 2.75) is 19.4 Å². The fourth-order valence-electron chi connectivity index (χ4n) is 1.56. The molecule has 7 heteroatoms. The number of carboxylic acid groups (broad SMARTS) is 1. The van der Waals surface area contributed by atoms with Gasteiger partial charge in [-0.25, -0.2) is 0 Å². The second-order valence-electron chi connectivity index (χ2n) is 3.98. The highest BCUT2D eigenvalue weighted by molar-refractivity contribution is 5.66. The summed E-state index contributed by atoms with van der Waals surface area (Å²) < 4.78 is 5.07. The average molecular weight is 262 g/mol. The molecule has 1 aromatic heterocycles. The van der Waals surface area contributed by atoms with Crippen LogP contribution in [0.25, 0.3) is 0 Å². The lowest BCUT2D eigenvalue weighted by atomic mass is 10.2. The minimum absolute atomic E-state index is 0.00816. The Morgan fingerprint density at radius 3 is 2.74 bits per heavy atom. The Morgan fingerprint density at radius 1 is 1.37 bits per heavy atom. The number of tetrazole rings is 1. The van der Waals surface area contributed by atoms with Gasteiger partial charge in [0.25, 0.3) is 0 Å². The van der Waals surface area contributed by atoms with Crippen molar-refractivity contribution in [2.24, 2.45) is 0 Å². The highest BCUT2D eigenvalue weighted by Gasteiger charge is 2.06. The molecule has 100 valence electrons. The predicted molar refractivity (Wildman–Crippen MR) is 65.9 cm³/mol. The third-order valence-corrected chi connectivity index (χ3v) is 2.54. The first kappa shape index (κ1) is 13.0. The normalized spacial score (nSPS) is 10.4. The van der Waals surface area contributed by atoms with Crippen LogP contribution in [-0.2, 0) is 17.8 Å². The van der Waals surface area contributed by atoms with E-state index in [9.17, 15) is 4.79 Å². The number of aryl methyl sites for hydroxylation is 1. The zero-order valence-electron chi connectivity index (χ0n) is 10.5. The monoisotopic (exact) mass is 262 g/mol. The average Bonchev–Trinajstić information content (AvgIpc) is 2.85. The molecule has 0 unspecified atom stereocenters. The molecule has 19 heavy (non-hydrogen) atoms. The van der Waals surface area contributed by atoms with Crippen molar-refractivity contribution in [2.75, 3.05) is 7.11 Å². The Balaban J connectivity index is 1.96. The summed E-state index contributed by atoms with van der Waals surface area (Å²) in [6.45, 7) is 0.490. The molecular formula is C12H14N4O3. The van der Waals surface area contributed by atoms with Gasteiger partial charge in [-0.3, -0.25) is 4.79 Å². The first-order valence-electron chi connectivity index (χ1n) is 5.79. The van der Waals surface area contributed by atoms with Crippen molar-refractivity contribution >= 4 is 5.97 Å². The molecule has 1 heterocycles. The van der Waals surface area contributed by atoms with Crippen LogP contribution >= 0.6 is 0 Å². The lowest BCUT2D eigenvalue weighted by molar-refractivity contribution is -0.137. The number of hydrogen-bond acceptors (Lipinski definition) is 5. The molecule has 1 N–H and O–H groups in total. The zero-order valence-corrected chi connectivity index (χ0v) is 10.5. The first-order chi connectivity index (χ1) is 9.17. The fraction of sp³-hybridized carbons (Fsp3) is 0.333. The van der Waals surface area contributed by atoms with E-state index in [0.29, 0.717) is 12.4 Å². The lowest BCUT2D eigenvalue weighted by Crippen LogP contribution is -2.05. The molecule has 0 spiro atoms. The Morgan fingerprint density at radius 2 is 2.11 bits per heavy atom. The predicted octanol–water partition coefficient (Wildman–Crippen LogP) is 0.747. The number of carboxylic acids is 1. The van der Waals surface area contributed by atoms with E-state index in [1.807, 2.05) is 24.3 Å². The van der Waals surface area contributed by atoms with Gasteiger partial charge in [-0.2, -0.15) is 4.80 Å². The molecule has 0 aliphatic rings. The topological polar surface area (TPSA) is 90.1 Å². The standard InChI is InChI=1S/C12H14N4O3/c1-19-10-4-2-9(3-5-10)8-16-14-11(13-15-16)6-7-12(17)18/h2-5H,6-8H2,1H3,(H,17,18). The van der Waals surface area contributed by atoms with Gasteiger partial charge in [0, 0.05) is 6.42 Å². The third kappa shape index (κ3) is 3.77. The number of benzene rings is 1. The van der Waals surface area contributed by atoms with Crippen molar-refractivity contribution in [1.82, 2.24) is 20.2 Å². The third-order valence-electron chi connectivity index (χ3n) is 2.54. The molecule has 0 bridgehead atoms. The van der Waals surface area contributed by atoms with E-state index < -0.39 is 5.97 Å². The van der Waals surface area contributed by atoms with Crippen molar-refractivity contribution in [3.8, 4) is 5.75 Å². The van der Waals surface area contributed by atoms with Crippen molar-refractivity contribution in [3.63, 3.8) is 0 Å². The van der Waals surface area contributed by atoms with E-state index in [0.717, 1.165) is 11.3 Å². The summed E-state index contributed by atoms with van der Waals surface area (Å²) in [6, 6.07) is 7.55. The van der Waals surface area contributed by atoms with Gasteiger partial charge < -0.3 is 9.84 Å². The minimum Gasteiger partial charge on any atom is -0.497 e. The van der Waals surface area contributed by atoms with Crippen molar-refractivity contribution < 1.29 is 14.6 Å². The van der Waals surface area contributed by atoms with Gasteiger partial charge in [-0.15, -0.1) is 10.2 Å². The van der Waals surface area contributed by atoms with Gasteiger partial charge in [0.2, 0.25) is 0 Å². The molecule has 0 radical (unpaired) electrons. The maximum atomic E-state index is 10.4. The van der Waals surface area contributed by atoms with Gasteiger partial charge in [-0.05, 0) is 22.9 Å². The molecule has 0 atom stereocenters. The summed E-state index contributed by atoms with van der Waals surface area (Å²) in [4.78, 5) is 11.9. The van der Waals surface area contributed by atoms with E-state index in [4.69, 9.17) is 9.84 Å². The maximum Gasteiger partial charge on any atom is 0.303 e. The maximum absolute atomic E-state index is 10.4. The van der Waals surface area contributed by atoms with Crippen LogP contribution in [0, 0.1) is 0 Å². The van der Waals surface area contributed by atoms with E-state index >= 15 is 0 Å². The summed E-state index contributed by atoms with van der Waals surface area (Å²) in [6.07, 6.45) is 0.298. The molecule has 2 rings (SSSR count). The quantitative estimate of drug-likeness (QED) is 0.826. The molecule has 0 saturated heterocycles. The first-order valence-corrected chi connectivity index (χ1v) is 5.79. The molecule has 0 saturated carbocycles. The van der Waals surface area contributed by atoms with E-state index in [1.165, 1.54) is 4.80 Å². The molecular weight excluding hydrogens is 248 g/mol. The van der Waals surface area contributed by atoms with E-state index in [2.05, 4.69) is 15.4 Å². The number of carbonyl (C=O) groups is 1. The Kier molecular flexibility index (Phi) is 4.07. The summed E-state index contributed by atoms with van der Waals surface area (Å²) in [5.74, 6) is 0.361. The Hall–Kier alpha value is -2.44. The van der Waals surface area contributed by atoms with Crippen molar-refractivity contribution in [3.05, 3.63) is 35.7 Å². The van der Waals surface area contributed by atoms with Crippen LogP contribution in [0.4, 0.5) is 0 Å². The highest BCUT2D eigenvalue weighted by Crippen LogP contribution is 2.11. The van der Waals surface area contributed by atoms with Gasteiger partial charge in [0.05, 0.1) is 20.1 Å². The fourth-order valence-corrected chi connectivity index (χ4v) is 1.56. The number of ether oxygens (including phenoxy) is 1. The van der Waals surface area contributed by atoms with Crippen LogP contribution in [0.2, 0.25) is 0 Å². The second kappa shape index (κ2) is 5.94. The SMILES string of the molecule is COc1ccc(Cn2nnc(CCC(=O)O)n2)cc1. The van der Waals surface area contributed by atoms with Crippen LogP contribution in [0.15, 0.2) is 24.3 Å². The van der Waals surface area contributed by atoms with Crippen LogP contribution in [0.3, 0.4) is 0 Å². The van der Waals surface area contributed by atoms with E-state index in [1.54, 1.807) is 7.11 Å². The number of hydrogen-bond donors (Lipinski definition) is 1. The lowest BCUT2D eigenvalue weighted by Gasteiger charge is -2.02. The smallest absolute Gasteiger partial charge is 0.303 e. The molecule has 0 aliphatic carbocycles. The van der Waals surface area contributed by atoms with Gasteiger partial charge in [0.15, 0.2) is 5.82 Å². The van der Waals surface area contributed by atoms with Crippen LogP contribution < -0.4 is 4.74 Å². The van der Waals surface area contributed by atoms with Crippen LogP contribution in [0.1, 0.15) is 17.8 Å². The molecule has 0 aliphatic heterocycles. The number of methoxy groups -OCH3 is 1. The second-order valence-corrected chi connectivity index (χ2v) is 3.98. The van der Waals surface area contributed by atoms with Gasteiger partial charge in [0.1, 0.15) is 5.75 Å². The number of aromatic nitrogens is 4. The Labute approximate surface area is 109 Å². The summed E-state index contributed by atoms with van der Waals surface area (Å²) in [5, 5.41) is 20.4. The van der Waals surface area contributed by atoms with Crippen LogP contribution in [0.5, 0.6) is 5.75 Å². The van der Waals surface area contributed by atoms with Crippen LogP contribution in [-0.4, -0.2) is 38.4 Å². The molecule has 7 nitrogen and oxygen atoms in total. The molecule has 2 aromatic rings. The largest absolute Gasteiger partial charge is 0.497 e. The van der Waals surface area contributed by atoms with Gasteiger partial charge in [-0.1, -0.05) is 12.1 Å². The highest BCUT2D eigenvalue weighted by atomic mass is 16.5. The van der Waals surface area contributed by atoms with E-state index in [-0.39, 0.29) is 12.8 Å². The summed E-state index contributed by atoms with van der Waals surface area (Å²) >= 11 is 0. The van der Waals surface area contributed by atoms with Gasteiger partial charge >= 0.3 is 5.97 Å². The summed E-state index contributed by atoms with van der Waals surface area (Å²) in [7, 11) is 1.61. The number of rotatable bonds is 6. The molecule has 0 amide bonds. The van der Waals surface area contributed by atoms with Crippen molar-refractivity contribution in [1.29, 1.82) is 0 Å². The molecule has 0 fully saturated rings. The summed E-state index contributed by atoms with van der Waals surface area (Å²) in [5.41, 5.74) is 1.02. The zero-order chi connectivity index (χ0) is 13.7. The Bertz CT molecular complexity index is 550.